The van der Waals surface area contributed by atoms with E-state index in [2.05, 4.69) is 10.0 Å². The second kappa shape index (κ2) is 10.0. The number of carbonyl (C=O) groups excluding carboxylic acids is 2. The summed E-state index contributed by atoms with van der Waals surface area (Å²) in [5.41, 5.74) is 1.78. The molecule has 0 fully saturated rings. The molecule has 9 heteroatoms. The lowest BCUT2D eigenvalue weighted by atomic mass is 10.1. The highest BCUT2D eigenvalue weighted by atomic mass is 32.2. The second-order valence-electron chi connectivity index (χ2n) is 6.22. The summed E-state index contributed by atoms with van der Waals surface area (Å²) in [6, 6.07) is 11.7. The van der Waals surface area contributed by atoms with Crippen LogP contribution < -0.4 is 19.5 Å². The Morgan fingerprint density at radius 2 is 1.72 bits per heavy atom. The Labute approximate surface area is 170 Å². The molecule has 0 bridgehead atoms. The largest absolute Gasteiger partial charge is 0.493 e. The fraction of sp³-hybridized carbons (Fsp3) is 0.300. The van der Waals surface area contributed by atoms with Crippen molar-refractivity contribution in [3.63, 3.8) is 0 Å². The summed E-state index contributed by atoms with van der Waals surface area (Å²) >= 11 is 0. The van der Waals surface area contributed by atoms with E-state index >= 15 is 0 Å². The monoisotopic (exact) mass is 420 g/mol. The van der Waals surface area contributed by atoms with Crippen LogP contribution in [0.1, 0.15) is 28.4 Å². The standard InChI is InChI=1S/C20H24N2O6S/c1-14(23)15-8-9-18(19(10-15)27-3)28-12-20(24)22-11-16-6-4-5-7-17(16)13-29(25,26)21-2/h4-10,21H,11-13H2,1-3H3,(H,22,24). The fourth-order valence-corrected chi connectivity index (χ4v) is 3.38. The quantitative estimate of drug-likeness (QED) is 0.566. The Hall–Kier alpha value is -2.91. The molecule has 0 atom stereocenters. The maximum absolute atomic E-state index is 12.2. The van der Waals surface area contributed by atoms with Gasteiger partial charge in [-0.2, -0.15) is 0 Å². The summed E-state index contributed by atoms with van der Waals surface area (Å²) in [6.45, 7) is 1.35. The van der Waals surface area contributed by atoms with Gasteiger partial charge in [0, 0.05) is 12.1 Å². The van der Waals surface area contributed by atoms with Crippen LogP contribution in [-0.2, 0) is 27.1 Å². The van der Waals surface area contributed by atoms with Crippen molar-refractivity contribution < 1.29 is 27.5 Å². The van der Waals surface area contributed by atoms with Crippen molar-refractivity contribution in [2.75, 3.05) is 20.8 Å². The van der Waals surface area contributed by atoms with Crippen molar-refractivity contribution in [3.8, 4) is 11.5 Å². The number of amides is 1. The number of sulfonamides is 1. The van der Waals surface area contributed by atoms with Gasteiger partial charge in [-0.3, -0.25) is 9.59 Å². The van der Waals surface area contributed by atoms with Crippen LogP contribution in [0.15, 0.2) is 42.5 Å². The number of carbonyl (C=O) groups is 2. The molecule has 29 heavy (non-hydrogen) atoms. The van der Waals surface area contributed by atoms with Crippen LogP contribution in [0.25, 0.3) is 0 Å². The van der Waals surface area contributed by atoms with E-state index in [1.165, 1.54) is 21.1 Å². The van der Waals surface area contributed by atoms with Gasteiger partial charge in [0.1, 0.15) is 0 Å². The number of rotatable bonds is 10. The SMILES string of the molecule is CNS(=O)(=O)Cc1ccccc1CNC(=O)COc1ccc(C(C)=O)cc1OC. The Morgan fingerprint density at radius 3 is 2.34 bits per heavy atom. The first-order valence-corrected chi connectivity index (χ1v) is 10.5. The molecular weight excluding hydrogens is 396 g/mol. The van der Waals surface area contributed by atoms with E-state index in [0.29, 0.717) is 28.2 Å². The van der Waals surface area contributed by atoms with Crippen molar-refractivity contribution >= 4 is 21.7 Å². The lowest BCUT2D eigenvalue weighted by Gasteiger charge is -2.13. The smallest absolute Gasteiger partial charge is 0.258 e. The molecule has 2 rings (SSSR count). The summed E-state index contributed by atoms with van der Waals surface area (Å²) < 4.78 is 36.5. The molecule has 0 unspecified atom stereocenters. The molecule has 0 heterocycles. The van der Waals surface area contributed by atoms with Crippen molar-refractivity contribution in [2.45, 2.75) is 19.2 Å². The number of hydrogen-bond donors (Lipinski definition) is 2. The van der Waals surface area contributed by atoms with E-state index < -0.39 is 10.0 Å². The van der Waals surface area contributed by atoms with E-state index in [-0.39, 0.29) is 30.6 Å². The molecule has 0 spiro atoms. The van der Waals surface area contributed by atoms with Crippen LogP contribution in [-0.4, -0.2) is 40.9 Å². The number of ether oxygens (including phenoxy) is 2. The zero-order chi connectivity index (χ0) is 21.4. The summed E-state index contributed by atoms with van der Waals surface area (Å²) in [5, 5.41) is 2.71. The summed E-state index contributed by atoms with van der Waals surface area (Å²) in [6.07, 6.45) is 0. The Bertz CT molecular complexity index is 988. The molecule has 2 aromatic carbocycles. The molecule has 0 aromatic heterocycles. The van der Waals surface area contributed by atoms with E-state index in [4.69, 9.17) is 9.47 Å². The predicted molar refractivity (Wildman–Crippen MR) is 108 cm³/mol. The minimum Gasteiger partial charge on any atom is -0.493 e. The molecule has 8 nitrogen and oxygen atoms in total. The van der Waals surface area contributed by atoms with E-state index in [1.807, 2.05) is 0 Å². The highest BCUT2D eigenvalue weighted by Crippen LogP contribution is 2.28. The van der Waals surface area contributed by atoms with Crippen molar-refractivity contribution in [1.29, 1.82) is 0 Å². The molecule has 0 aliphatic heterocycles. The normalized spacial score (nSPS) is 11.0. The number of ketones is 1. The third-order valence-electron chi connectivity index (χ3n) is 4.18. The van der Waals surface area contributed by atoms with Gasteiger partial charge in [0.25, 0.3) is 5.91 Å². The average molecular weight is 420 g/mol. The van der Waals surface area contributed by atoms with Gasteiger partial charge in [-0.1, -0.05) is 24.3 Å². The highest BCUT2D eigenvalue weighted by molar-refractivity contribution is 7.88. The Morgan fingerprint density at radius 1 is 1.03 bits per heavy atom. The van der Waals surface area contributed by atoms with Crippen LogP contribution >= 0.6 is 0 Å². The molecule has 0 saturated heterocycles. The minimum atomic E-state index is -3.42. The summed E-state index contributed by atoms with van der Waals surface area (Å²) in [7, 11) is -0.620. The summed E-state index contributed by atoms with van der Waals surface area (Å²) in [5.74, 6) is 0.0351. The molecular formula is C20H24N2O6S. The first-order chi connectivity index (χ1) is 13.8. The topological polar surface area (TPSA) is 111 Å². The Kier molecular flexibility index (Phi) is 7.74. The number of Topliss-reactive ketones (excluding diaryl/α,β-unsaturated/α-hetero) is 1. The van der Waals surface area contributed by atoms with Crippen molar-refractivity contribution in [2.24, 2.45) is 0 Å². The summed E-state index contributed by atoms with van der Waals surface area (Å²) in [4.78, 5) is 23.6. The van der Waals surface area contributed by atoms with Gasteiger partial charge in [0.05, 0.1) is 12.9 Å². The average Bonchev–Trinajstić information content (AvgIpc) is 2.71. The van der Waals surface area contributed by atoms with Crippen LogP contribution in [0.3, 0.4) is 0 Å². The van der Waals surface area contributed by atoms with Gasteiger partial charge in [-0.15, -0.1) is 0 Å². The first kappa shape index (κ1) is 22.4. The van der Waals surface area contributed by atoms with Gasteiger partial charge in [0.2, 0.25) is 10.0 Å². The number of benzene rings is 2. The maximum atomic E-state index is 12.2. The fourth-order valence-electron chi connectivity index (χ4n) is 2.54. The van der Waals surface area contributed by atoms with Crippen LogP contribution in [0.5, 0.6) is 11.5 Å². The van der Waals surface area contributed by atoms with Crippen molar-refractivity contribution in [1.82, 2.24) is 10.0 Å². The number of nitrogens with one attached hydrogen (secondary N) is 2. The van der Waals surface area contributed by atoms with Gasteiger partial charge in [-0.25, -0.2) is 13.1 Å². The number of hydrogen-bond acceptors (Lipinski definition) is 6. The zero-order valence-electron chi connectivity index (χ0n) is 16.5. The van der Waals surface area contributed by atoms with Gasteiger partial charge in [-0.05, 0) is 43.3 Å². The van der Waals surface area contributed by atoms with E-state index in [1.54, 1.807) is 42.5 Å². The van der Waals surface area contributed by atoms with E-state index in [9.17, 15) is 18.0 Å². The molecule has 0 aliphatic rings. The predicted octanol–water partition coefficient (Wildman–Crippen LogP) is 1.64. The van der Waals surface area contributed by atoms with Crippen LogP contribution in [0.2, 0.25) is 0 Å². The minimum absolute atomic E-state index is 0.105. The third-order valence-corrected chi connectivity index (χ3v) is 5.49. The molecule has 0 saturated carbocycles. The lowest BCUT2D eigenvalue weighted by molar-refractivity contribution is -0.123. The zero-order valence-corrected chi connectivity index (χ0v) is 17.3. The van der Waals surface area contributed by atoms with Gasteiger partial charge >= 0.3 is 0 Å². The van der Waals surface area contributed by atoms with Crippen LogP contribution in [0, 0.1) is 0 Å². The first-order valence-electron chi connectivity index (χ1n) is 8.82. The van der Waals surface area contributed by atoms with E-state index in [0.717, 1.165) is 0 Å². The molecule has 2 N–H and O–H groups in total. The Balaban J connectivity index is 1.97. The second-order valence-corrected chi connectivity index (χ2v) is 8.15. The van der Waals surface area contributed by atoms with Crippen molar-refractivity contribution in [3.05, 3.63) is 59.2 Å². The van der Waals surface area contributed by atoms with Gasteiger partial charge in [0.15, 0.2) is 23.9 Å². The third kappa shape index (κ3) is 6.58. The highest BCUT2D eigenvalue weighted by Gasteiger charge is 2.13. The molecule has 0 radical (unpaired) electrons. The maximum Gasteiger partial charge on any atom is 0.258 e. The molecule has 156 valence electrons. The number of methoxy groups -OCH3 is 1. The molecule has 2 aromatic rings. The lowest BCUT2D eigenvalue weighted by Crippen LogP contribution is -2.29. The molecule has 1 amide bonds. The van der Waals surface area contributed by atoms with Crippen LogP contribution in [0.4, 0.5) is 0 Å². The van der Waals surface area contributed by atoms with Gasteiger partial charge < -0.3 is 14.8 Å². The molecule has 0 aliphatic carbocycles.